The molecular weight excluding hydrogens is 222 g/mol. The first-order valence-corrected chi connectivity index (χ1v) is 5.44. The van der Waals surface area contributed by atoms with Gasteiger partial charge in [0.05, 0.1) is 11.3 Å². The van der Waals surface area contributed by atoms with Crippen LogP contribution in [0.5, 0.6) is 0 Å². The molecule has 1 N–H and O–H groups in total. The summed E-state index contributed by atoms with van der Waals surface area (Å²) < 4.78 is 7.01. The van der Waals surface area contributed by atoms with Crippen LogP contribution in [0.15, 0.2) is 18.5 Å². The SMILES string of the molecule is O=C(O)c1cnc2cc(C3CCCO3)nn2c1. The van der Waals surface area contributed by atoms with Crippen LogP contribution >= 0.6 is 0 Å². The van der Waals surface area contributed by atoms with Crippen molar-refractivity contribution in [2.45, 2.75) is 18.9 Å². The van der Waals surface area contributed by atoms with E-state index in [1.807, 2.05) is 6.07 Å². The smallest absolute Gasteiger partial charge is 0.338 e. The van der Waals surface area contributed by atoms with Gasteiger partial charge in [-0.25, -0.2) is 14.3 Å². The molecule has 2 aromatic rings. The Morgan fingerprint density at radius 3 is 3.18 bits per heavy atom. The highest BCUT2D eigenvalue weighted by molar-refractivity contribution is 5.87. The summed E-state index contributed by atoms with van der Waals surface area (Å²) in [5.74, 6) is -1.01. The number of ether oxygens (including phenoxy) is 1. The third-order valence-electron chi connectivity index (χ3n) is 2.84. The van der Waals surface area contributed by atoms with Crippen molar-refractivity contribution in [3.63, 3.8) is 0 Å². The van der Waals surface area contributed by atoms with Crippen LogP contribution < -0.4 is 0 Å². The normalized spacial score (nSPS) is 19.9. The molecule has 17 heavy (non-hydrogen) atoms. The Bertz CT molecular complexity index is 572. The molecule has 0 amide bonds. The molecule has 0 aromatic carbocycles. The molecular formula is C11H11N3O3. The van der Waals surface area contributed by atoms with Crippen molar-refractivity contribution in [1.29, 1.82) is 0 Å². The second kappa shape index (κ2) is 3.81. The maximum Gasteiger partial charge on any atom is 0.338 e. The zero-order valence-corrected chi connectivity index (χ0v) is 9.04. The number of nitrogens with zero attached hydrogens (tertiary/aromatic N) is 3. The summed E-state index contributed by atoms with van der Waals surface area (Å²) >= 11 is 0. The molecule has 1 saturated heterocycles. The average Bonchev–Trinajstić information content (AvgIpc) is 2.96. The molecule has 88 valence electrons. The van der Waals surface area contributed by atoms with E-state index in [-0.39, 0.29) is 11.7 Å². The van der Waals surface area contributed by atoms with Crippen molar-refractivity contribution in [2.75, 3.05) is 6.61 Å². The van der Waals surface area contributed by atoms with Gasteiger partial charge in [-0.1, -0.05) is 0 Å². The Morgan fingerprint density at radius 1 is 1.59 bits per heavy atom. The lowest BCUT2D eigenvalue weighted by molar-refractivity contribution is 0.0695. The lowest BCUT2D eigenvalue weighted by Crippen LogP contribution is -2.01. The summed E-state index contributed by atoms with van der Waals surface area (Å²) in [6, 6.07) is 1.83. The molecule has 0 bridgehead atoms. The van der Waals surface area contributed by atoms with Crippen molar-refractivity contribution in [1.82, 2.24) is 14.6 Å². The van der Waals surface area contributed by atoms with Gasteiger partial charge >= 0.3 is 5.97 Å². The molecule has 1 atom stereocenters. The molecule has 2 aromatic heterocycles. The van der Waals surface area contributed by atoms with Crippen molar-refractivity contribution in [3.8, 4) is 0 Å². The van der Waals surface area contributed by atoms with E-state index in [2.05, 4.69) is 10.1 Å². The van der Waals surface area contributed by atoms with E-state index >= 15 is 0 Å². The van der Waals surface area contributed by atoms with Crippen LogP contribution in [0.2, 0.25) is 0 Å². The molecule has 3 rings (SSSR count). The Balaban J connectivity index is 2.03. The first kappa shape index (κ1) is 10.2. The molecule has 6 heteroatoms. The highest BCUT2D eigenvalue weighted by atomic mass is 16.5. The van der Waals surface area contributed by atoms with Gasteiger partial charge < -0.3 is 9.84 Å². The van der Waals surface area contributed by atoms with Gasteiger partial charge in [0.2, 0.25) is 0 Å². The van der Waals surface area contributed by atoms with E-state index in [0.29, 0.717) is 5.65 Å². The largest absolute Gasteiger partial charge is 0.478 e. The first-order chi connectivity index (χ1) is 8.24. The summed E-state index contributed by atoms with van der Waals surface area (Å²) in [5.41, 5.74) is 1.58. The number of carboxylic acid groups (broad SMARTS) is 1. The van der Waals surface area contributed by atoms with E-state index in [1.165, 1.54) is 16.9 Å². The number of aromatic carboxylic acids is 1. The Morgan fingerprint density at radius 2 is 2.47 bits per heavy atom. The first-order valence-electron chi connectivity index (χ1n) is 5.44. The van der Waals surface area contributed by atoms with Gasteiger partial charge in [0.15, 0.2) is 5.65 Å². The van der Waals surface area contributed by atoms with Gasteiger partial charge in [0.1, 0.15) is 6.10 Å². The molecule has 0 radical (unpaired) electrons. The van der Waals surface area contributed by atoms with Crippen LogP contribution in [0, 0.1) is 0 Å². The van der Waals surface area contributed by atoms with E-state index in [4.69, 9.17) is 9.84 Å². The summed E-state index contributed by atoms with van der Waals surface area (Å²) in [7, 11) is 0. The van der Waals surface area contributed by atoms with Crippen molar-refractivity contribution >= 4 is 11.6 Å². The zero-order valence-electron chi connectivity index (χ0n) is 9.04. The highest BCUT2D eigenvalue weighted by Gasteiger charge is 2.21. The van der Waals surface area contributed by atoms with Crippen LogP contribution in [0.25, 0.3) is 5.65 Å². The quantitative estimate of drug-likeness (QED) is 0.845. The molecule has 0 aliphatic carbocycles. The molecule has 1 aliphatic heterocycles. The van der Waals surface area contributed by atoms with Crippen LogP contribution in [0.3, 0.4) is 0 Å². The van der Waals surface area contributed by atoms with Gasteiger partial charge in [-0.2, -0.15) is 5.10 Å². The summed E-state index contributed by atoms with van der Waals surface area (Å²) in [6.45, 7) is 0.756. The highest BCUT2D eigenvalue weighted by Crippen LogP contribution is 2.27. The van der Waals surface area contributed by atoms with Crippen LogP contribution in [0.1, 0.15) is 35.0 Å². The van der Waals surface area contributed by atoms with E-state index in [0.717, 1.165) is 25.1 Å². The van der Waals surface area contributed by atoms with Crippen molar-refractivity contribution in [3.05, 3.63) is 29.7 Å². The standard InChI is InChI=1S/C11H11N3O3/c15-11(16)7-5-12-10-4-8(13-14(10)6-7)9-2-1-3-17-9/h4-6,9H,1-3H2,(H,15,16). The third-order valence-corrected chi connectivity index (χ3v) is 2.84. The zero-order chi connectivity index (χ0) is 11.8. The predicted molar refractivity (Wildman–Crippen MR) is 57.9 cm³/mol. The lowest BCUT2D eigenvalue weighted by Gasteiger charge is -2.03. The Kier molecular flexibility index (Phi) is 2.29. The minimum atomic E-state index is -1.01. The molecule has 1 fully saturated rings. The van der Waals surface area contributed by atoms with E-state index in [9.17, 15) is 4.79 Å². The average molecular weight is 233 g/mol. The molecule has 1 unspecified atom stereocenters. The minimum Gasteiger partial charge on any atom is -0.478 e. The topological polar surface area (TPSA) is 76.7 Å². The van der Waals surface area contributed by atoms with Crippen LogP contribution in [-0.4, -0.2) is 32.3 Å². The van der Waals surface area contributed by atoms with Crippen molar-refractivity contribution < 1.29 is 14.6 Å². The fourth-order valence-electron chi connectivity index (χ4n) is 1.97. The monoisotopic (exact) mass is 233 g/mol. The van der Waals surface area contributed by atoms with Gasteiger partial charge in [-0.3, -0.25) is 0 Å². The second-order valence-corrected chi connectivity index (χ2v) is 4.02. The van der Waals surface area contributed by atoms with Gasteiger partial charge in [0.25, 0.3) is 0 Å². The summed E-state index contributed by atoms with van der Waals surface area (Å²) in [4.78, 5) is 14.9. The number of carboxylic acids is 1. The Hall–Kier alpha value is -1.95. The fourth-order valence-corrected chi connectivity index (χ4v) is 1.97. The van der Waals surface area contributed by atoms with Crippen LogP contribution in [0.4, 0.5) is 0 Å². The molecule has 6 nitrogen and oxygen atoms in total. The van der Waals surface area contributed by atoms with Gasteiger partial charge in [-0.15, -0.1) is 0 Å². The number of aromatic nitrogens is 3. The van der Waals surface area contributed by atoms with Crippen LogP contribution in [-0.2, 0) is 4.74 Å². The van der Waals surface area contributed by atoms with E-state index in [1.54, 1.807) is 0 Å². The van der Waals surface area contributed by atoms with Crippen molar-refractivity contribution in [2.24, 2.45) is 0 Å². The third kappa shape index (κ3) is 1.76. The summed E-state index contributed by atoms with van der Waals surface area (Å²) in [5, 5.41) is 13.2. The Labute approximate surface area is 96.8 Å². The number of carbonyl (C=O) groups is 1. The number of hydrogen-bond acceptors (Lipinski definition) is 4. The number of fused-ring (bicyclic) bond motifs is 1. The number of hydrogen-bond donors (Lipinski definition) is 1. The molecule has 0 spiro atoms. The maximum absolute atomic E-state index is 10.8. The maximum atomic E-state index is 10.8. The molecule has 1 aliphatic rings. The second-order valence-electron chi connectivity index (χ2n) is 4.02. The minimum absolute atomic E-state index is 0.0185. The lowest BCUT2D eigenvalue weighted by atomic mass is 10.2. The van der Waals surface area contributed by atoms with E-state index < -0.39 is 5.97 Å². The van der Waals surface area contributed by atoms with Gasteiger partial charge in [0, 0.05) is 25.1 Å². The molecule has 3 heterocycles. The van der Waals surface area contributed by atoms with Gasteiger partial charge in [-0.05, 0) is 12.8 Å². The molecule has 0 saturated carbocycles. The fraction of sp³-hybridized carbons (Fsp3) is 0.364. The number of rotatable bonds is 2. The summed E-state index contributed by atoms with van der Waals surface area (Å²) in [6.07, 6.45) is 4.80. The predicted octanol–water partition coefficient (Wildman–Crippen LogP) is 1.28.